The zero-order chi connectivity index (χ0) is 19.4. The SMILES string of the molecule is [2H]OC1(O[2H])CCCN2C(=O)c3cc(Br)c(Br)n3[C@@]21N([2H])c1ncccn1. The molecule has 0 aliphatic carbocycles. The molecule has 2 aliphatic rings. The summed E-state index contributed by atoms with van der Waals surface area (Å²) in [6.45, 7) is 0.279. The van der Waals surface area contributed by atoms with Crippen LogP contribution in [0.15, 0.2) is 33.6 Å². The number of carbonyl (C=O) groups is 1. The Balaban J connectivity index is 2.07. The summed E-state index contributed by atoms with van der Waals surface area (Å²) >= 11 is 6.80. The van der Waals surface area contributed by atoms with Crippen molar-refractivity contribution in [3.8, 4) is 0 Å². The van der Waals surface area contributed by atoms with Gasteiger partial charge in [-0.2, -0.15) is 0 Å². The average molecular weight is 462 g/mol. The molecule has 8 nitrogen and oxygen atoms in total. The molecular formula is C14H13Br2N5O3. The van der Waals surface area contributed by atoms with Crippen molar-refractivity contribution in [3.05, 3.63) is 39.3 Å². The molecule has 1 atom stereocenters. The number of aromatic nitrogens is 3. The summed E-state index contributed by atoms with van der Waals surface area (Å²) in [6, 6.07) is 3.20. The second kappa shape index (κ2) is 5.25. The Kier molecular flexibility index (Phi) is 2.80. The first-order valence-electron chi connectivity index (χ1n) is 8.45. The number of aliphatic hydroxyl groups is 2. The quantitative estimate of drug-likeness (QED) is 0.595. The van der Waals surface area contributed by atoms with Crippen LogP contribution >= 0.6 is 31.9 Å². The first-order chi connectivity index (χ1) is 12.9. The largest absolute Gasteiger partial charge is 0.361 e. The summed E-state index contributed by atoms with van der Waals surface area (Å²) in [6.07, 6.45) is 3.44. The average Bonchev–Trinajstić information content (AvgIpc) is 3.14. The van der Waals surface area contributed by atoms with Crippen LogP contribution in [0.25, 0.3) is 0 Å². The Hall–Kier alpha value is -1.49. The molecule has 0 unspecified atom stereocenters. The van der Waals surface area contributed by atoms with Crippen molar-refractivity contribution >= 4 is 43.7 Å². The number of carbonyl (C=O) groups excluding carboxylic acids is 1. The van der Waals surface area contributed by atoms with Crippen molar-refractivity contribution in [2.45, 2.75) is 24.4 Å². The summed E-state index contributed by atoms with van der Waals surface area (Å²) in [5.41, 5.74) is 0.252. The predicted molar refractivity (Wildman–Crippen MR) is 90.9 cm³/mol. The molecule has 1 fully saturated rings. The fourth-order valence-corrected chi connectivity index (χ4v) is 4.22. The number of nitrogens with one attached hydrogen (secondary N) is 1. The second-order valence-corrected chi connectivity index (χ2v) is 7.22. The molecule has 126 valence electrons. The van der Waals surface area contributed by atoms with E-state index in [9.17, 15) is 4.79 Å². The number of rotatable bonds is 4. The number of halogens is 2. The Morgan fingerprint density at radius 2 is 2.12 bits per heavy atom. The summed E-state index contributed by atoms with van der Waals surface area (Å²) in [5.74, 6) is -4.24. The number of nitrogens with zero attached hydrogens (tertiary/aromatic N) is 4. The maximum absolute atomic E-state index is 13.1. The van der Waals surface area contributed by atoms with Crippen LogP contribution < -0.4 is 5.31 Å². The molecule has 0 spiro atoms. The van der Waals surface area contributed by atoms with Crippen LogP contribution in [0.2, 0.25) is 1.41 Å². The van der Waals surface area contributed by atoms with Gasteiger partial charge < -0.3 is 15.5 Å². The van der Waals surface area contributed by atoms with Crippen molar-refractivity contribution in [1.82, 2.24) is 19.4 Å². The molecule has 2 aromatic rings. The Bertz CT molecular complexity index is 898. The second-order valence-electron chi connectivity index (χ2n) is 5.61. The minimum atomic E-state index is -1.98. The van der Waals surface area contributed by atoms with Crippen LogP contribution in [-0.2, 0) is 5.79 Å². The molecule has 4 rings (SSSR count). The van der Waals surface area contributed by atoms with Crippen LogP contribution in [0, 0.1) is 0 Å². The van der Waals surface area contributed by atoms with Crippen molar-refractivity contribution in [1.29, 1.82) is 2.86 Å². The lowest BCUT2D eigenvalue weighted by molar-refractivity contribution is -0.276. The maximum Gasteiger partial charge on any atom is 0.274 e. The highest BCUT2D eigenvalue weighted by Gasteiger charge is 2.65. The van der Waals surface area contributed by atoms with Gasteiger partial charge in [-0.1, -0.05) is 0 Å². The van der Waals surface area contributed by atoms with Crippen LogP contribution in [-0.4, -0.2) is 50.8 Å². The minimum Gasteiger partial charge on any atom is -0.361 e. The fraction of sp³-hybridized carbons (Fsp3) is 0.357. The molecule has 4 heterocycles. The van der Waals surface area contributed by atoms with E-state index in [-0.39, 0.29) is 30.5 Å². The maximum atomic E-state index is 13.1. The Morgan fingerprint density at radius 3 is 2.83 bits per heavy atom. The molecule has 0 saturated carbocycles. The summed E-state index contributed by atoms with van der Waals surface area (Å²) < 4.78 is 26.7. The van der Waals surface area contributed by atoms with E-state index in [0.717, 1.165) is 5.31 Å². The highest BCUT2D eigenvalue weighted by Crippen LogP contribution is 2.49. The minimum absolute atomic E-state index is 0.0414. The van der Waals surface area contributed by atoms with Gasteiger partial charge >= 0.3 is 0 Å². The van der Waals surface area contributed by atoms with E-state index in [0.29, 0.717) is 15.5 Å². The third kappa shape index (κ3) is 1.94. The van der Waals surface area contributed by atoms with Crippen molar-refractivity contribution in [2.75, 3.05) is 11.9 Å². The first kappa shape index (κ1) is 12.8. The monoisotopic (exact) mass is 460 g/mol. The molecule has 2 aromatic heterocycles. The summed E-state index contributed by atoms with van der Waals surface area (Å²) in [4.78, 5) is 22.7. The van der Waals surface area contributed by atoms with E-state index in [1.807, 2.05) is 0 Å². The van der Waals surface area contributed by atoms with E-state index in [1.54, 1.807) is 12.1 Å². The van der Waals surface area contributed by atoms with Gasteiger partial charge in [-0.05, 0) is 50.4 Å². The molecule has 10 heteroatoms. The lowest BCUT2D eigenvalue weighted by atomic mass is 9.95. The normalized spacial score (nSPS) is 26.3. The van der Waals surface area contributed by atoms with Gasteiger partial charge in [-0.3, -0.25) is 14.3 Å². The van der Waals surface area contributed by atoms with Gasteiger partial charge in [0.15, 0.2) is 1.41 Å². The molecule has 1 amide bonds. The van der Waals surface area contributed by atoms with Gasteiger partial charge in [0, 0.05) is 25.4 Å². The number of amides is 1. The van der Waals surface area contributed by atoms with Gasteiger partial charge in [0.1, 0.15) is 10.3 Å². The van der Waals surface area contributed by atoms with Crippen molar-refractivity contribution < 1.29 is 16.4 Å². The highest BCUT2D eigenvalue weighted by atomic mass is 79.9. The molecule has 24 heavy (non-hydrogen) atoms. The van der Waals surface area contributed by atoms with Gasteiger partial charge in [-0.25, -0.2) is 9.97 Å². The first-order valence-corrected chi connectivity index (χ1v) is 8.77. The smallest absolute Gasteiger partial charge is 0.274 e. The van der Waals surface area contributed by atoms with E-state index >= 15 is 0 Å². The number of fused-ring (bicyclic) bond motifs is 3. The number of hydrogen-bond donors (Lipinski definition) is 3. The predicted octanol–water partition coefficient (Wildman–Crippen LogP) is 1.46. The van der Waals surface area contributed by atoms with Crippen LogP contribution in [0.4, 0.5) is 5.95 Å². The highest BCUT2D eigenvalue weighted by molar-refractivity contribution is 9.13. The Labute approximate surface area is 158 Å². The molecule has 3 N–H and O–H groups in total. The van der Waals surface area contributed by atoms with Crippen LogP contribution in [0.3, 0.4) is 0 Å². The standard InChI is InChI=1S/C14H13Br2N5O3/c15-8-7-9-11(22)20-6-1-3-13(23,24)14(20,21(9)10(8)16)19-12-17-4-2-5-18-12/h2,4-5,7,23-24H,1,3,6H2,(H,17,18,19)/t14-/m0/s1/i23D,24D/hD. The van der Waals surface area contributed by atoms with E-state index < -0.39 is 11.6 Å². The topological polar surface area (TPSA) is 104 Å². The zero-order valence-electron chi connectivity index (χ0n) is 15.1. The lowest BCUT2D eigenvalue weighted by Crippen LogP contribution is -2.70. The Morgan fingerprint density at radius 1 is 1.38 bits per heavy atom. The summed E-state index contributed by atoms with van der Waals surface area (Å²) in [7, 11) is 0. The molecule has 1 saturated heterocycles. The van der Waals surface area contributed by atoms with E-state index in [2.05, 4.69) is 41.8 Å². The van der Waals surface area contributed by atoms with Gasteiger partial charge in [0.2, 0.25) is 14.6 Å². The molecule has 2 aliphatic heterocycles. The third-order valence-corrected chi connectivity index (χ3v) is 6.18. The summed E-state index contributed by atoms with van der Waals surface area (Å²) in [5, 5.41) is 10.7. The number of piperidine rings is 1. The fourth-order valence-electron chi connectivity index (χ4n) is 3.27. The number of hydrogen-bond acceptors (Lipinski definition) is 6. The van der Waals surface area contributed by atoms with E-state index in [4.69, 9.17) is 14.5 Å². The third-order valence-electron chi connectivity index (χ3n) is 4.26. The van der Waals surface area contributed by atoms with Gasteiger partial charge in [0.05, 0.1) is 4.47 Å². The lowest BCUT2D eigenvalue weighted by Gasteiger charge is -2.50. The van der Waals surface area contributed by atoms with Crippen molar-refractivity contribution in [2.24, 2.45) is 0 Å². The zero-order valence-corrected chi connectivity index (χ0v) is 15.3. The molecule has 0 bridgehead atoms. The molecule has 0 aromatic carbocycles. The number of anilines is 1. The van der Waals surface area contributed by atoms with E-state index in [1.165, 1.54) is 21.9 Å². The van der Waals surface area contributed by atoms with Crippen LogP contribution in [0.5, 0.6) is 0 Å². The molecule has 0 radical (unpaired) electrons. The van der Waals surface area contributed by atoms with Gasteiger partial charge in [-0.15, -0.1) is 0 Å². The van der Waals surface area contributed by atoms with Crippen molar-refractivity contribution in [3.63, 3.8) is 0 Å². The van der Waals surface area contributed by atoms with Crippen LogP contribution in [0.1, 0.15) is 23.3 Å². The molecular weight excluding hydrogens is 446 g/mol. The van der Waals surface area contributed by atoms with Gasteiger partial charge in [0.25, 0.3) is 11.7 Å².